The molecule has 6 heteroatoms. The van der Waals surface area contributed by atoms with Crippen LogP contribution in [0.3, 0.4) is 0 Å². The zero-order valence-corrected chi connectivity index (χ0v) is 12.1. The first-order chi connectivity index (χ1) is 9.61. The van der Waals surface area contributed by atoms with Crippen molar-refractivity contribution >= 4 is 17.5 Å². The van der Waals surface area contributed by atoms with Gasteiger partial charge in [-0.2, -0.15) is 0 Å². The number of carbonyl (C=O) groups is 1. The molecular formula is C14H16ClN3O2. The van der Waals surface area contributed by atoms with Crippen LogP contribution in [0.5, 0.6) is 0 Å². The van der Waals surface area contributed by atoms with Crippen molar-refractivity contribution in [2.75, 3.05) is 13.7 Å². The second kappa shape index (κ2) is 6.54. The van der Waals surface area contributed by atoms with Gasteiger partial charge in [-0.05, 0) is 18.2 Å². The SMILES string of the molecule is COCC(NC(=O)c1cc(Cl)cn1C)c1ccccn1. The van der Waals surface area contributed by atoms with E-state index in [0.717, 1.165) is 5.69 Å². The highest BCUT2D eigenvalue weighted by Gasteiger charge is 2.18. The van der Waals surface area contributed by atoms with Crippen LogP contribution in [0.1, 0.15) is 22.2 Å². The molecule has 2 aromatic rings. The minimum Gasteiger partial charge on any atom is -0.382 e. The summed E-state index contributed by atoms with van der Waals surface area (Å²) in [5.74, 6) is -0.216. The van der Waals surface area contributed by atoms with E-state index in [4.69, 9.17) is 16.3 Å². The highest BCUT2D eigenvalue weighted by molar-refractivity contribution is 6.31. The minimum absolute atomic E-state index is 0.216. The Hall–Kier alpha value is -1.85. The summed E-state index contributed by atoms with van der Waals surface area (Å²) in [7, 11) is 3.36. The quantitative estimate of drug-likeness (QED) is 0.919. The molecule has 0 radical (unpaired) electrons. The number of rotatable bonds is 5. The summed E-state index contributed by atoms with van der Waals surface area (Å²) >= 11 is 5.89. The van der Waals surface area contributed by atoms with E-state index in [2.05, 4.69) is 10.3 Å². The van der Waals surface area contributed by atoms with Gasteiger partial charge >= 0.3 is 0 Å². The van der Waals surface area contributed by atoms with Crippen molar-refractivity contribution in [3.05, 3.63) is 53.1 Å². The molecule has 0 saturated heterocycles. The number of carbonyl (C=O) groups excluding carboxylic acids is 1. The number of amides is 1. The van der Waals surface area contributed by atoms with Gasteiger partial charge in [0.1, 0.15) is 5.69 Å². The van der Waals surface area contributed by atoms with Gasteiger partial charge in [-0.15, -0.1) is 0 Å². The van der Waals surface area contributed by atoms with E-state index in [1.54, 1.807) is 37.2 Å². The number of hydrogen-bond acceptors (Lipinski definition) is 3. The van der Waals surface area contributed by atoms with Crippen molar-refractivity contribution in [3.8, 4) is 0 Å². The summed E-state index contributed by atoms with van der Waals surface area (Å²) in [6, 6.07) is 6.87. The summed E-state index contributed by atoms with van der Waals surface area (Å²) in [5.41, 5.74) is 1.25. The maximum absolute atomic E-state index is 12.3. The molecular weight excluding hydrogens is 278 g/mol. The first-order valence-electron chi connectivity index (χ1n) is 6.14. The van der Waals surface area contributed by atoms with Gasteiger partial charge in [0.2, 0.25) is 0 Å². The van der Waals surface area contributed by atoms with Gasteiger partial charge < -0.3 is 14.6 Å². The summed E-state index contributed by atoms with van der Waals surface area (Å²) in [5, 5.41) is 3.43. The Bertz CT molecular complexity index is 583. The van der Waals surface area contributed by atoms with Gasteiger partial charge in [-0.1, -0.05) is 17.7 Å². The van der Waals surface area contributed by atoms with Gasteiger partial charge in [0.15, 0.2) is 0 Å². The lowest BCUT2D eigenvalue weighted by Crippen LogP contribution is -2.32. The molecule has 1 N–H and O–H groups in total. The van der Waals surface area contributed by atoms with E-state index in [1.165, 1.54) is 0 Å². The van der Waals surface area contributed by atoms with Crippen LogP contribution in [0.25, 0.3) is 0 Å². The highest BCUT2D eigenvalue weighted by Crippen LogP contribution is 2.15. The molecule has 2 heterocycles. The van der Waals surface area contributed by atoms with Crippen LogP contribution in [-0.2, 0) is 11.8 Å². The second-order valence-electron chi connectivity index (χ2n) is 4.39. The maximum atomic E-state index is 12.3. The predicted molar refractivity (Wildman–Crippen MR) is 76.7 cm³/mol. The Labute approximate surface area is 122 Å². The molecule has 1 atom stereocenters. The Balaban J connectivity index is 2.16. The normalized spacial score (nSPS) is 12.2. The molecule has 0 bridgehead atoms. The van der Waals surface area contributed by atoms with E-state index in [-0.39, 0.29) is 11.9 Å². The summed E-state index contributed by atoms with van der Waals surface area (Å²) in [4.78, 5) is 16.5. The predicted octanol–water partition coefficient (Wildman–Crippen LogP) is 2.19. The number of halogens is 1. The third kappa shape index (κ3) is 3.37. The molecule has 0 aromatic carbocycles. The van der Waals surface area contributed by atoms with E-state index < -0.39 is 0 Å². The van der Waals surface area contributed by atoms with Crippen LogP contribution < -0.4 is 5.32 Å². The number of nitrogens with zero attached hydrogens (tertiary/aromatic N) is 2. The fourth-order valence-corrected chi connectivity index (χ4v) is 2.18. The number of methoxy groups -OCH3 is 1. The molecule has 0 saturated carbocycles. The van der Waals surface area contributed by atoms with Crippen LogP contribution in [0.4, 0.5) is 0 Å². The second-order valence-corrected chi connectivity index (χ2v) is 4.83. The third-order valence-corrected chi connectivity index (χ3v) is 3.09. The largest absolute Gasteiger partial charge is 0.382 e. The number of nitrogens with one attached hydrogen (secondary N) is 1. The van der Waals surface area contributed by atoms with Crippen LogP contribution in [0.2, 0.25) is 5.02 Å². The molecule has 0 aliphatic rings. The first-order valence-corrected chi connectivity index (χ1v) is 6.52. The number of pyridine rings is 1. The molecule has 0 spiro atoms. The van der Waals surface area contributed by atoms with Crippen molar-refractivity contribution in [2.45, 2.75) is 6.04 Å². The summed E-state index contributed by atoms with van der Waals surface area (Å²) < 4.78 is 6.82. The van der Waals surface area contributed by atoms with Crippen molar-refractivity contribution in [2.24, 2.45) is 7.05 Å². The zero-order chi connectivity index (χ0) is 14.5. The van der Waals surface area contributed by atoms with Crippen LogP contribution in [0.15, 0.2) is 36.7 Å². The smallest absolute Gasteiger partial charge is 0.268 e. The van der Waals surface area contributed by atoms with Crippen molar-refractivity contribution in [1.82, 2.24) is 14.9 Å². The van der Waals surface area contributed by atoms with Crippen molar-refractivity contribution in [1.29, 1.82) is 0 Å². The van der Waals surface area contributed by atoms with Crippen LogP contribution in [-0.4, -0.2) is 29.2 Å². The van der Waals surface area contributed by atoms with E-state index in [0.29, 0.717) is 17.3 Å². The van der Waals surface area contributed by atoms with Gasteiger partial charge in [0.25, 0.3) is 5.91 Å². The van der Waals surface area contributed by atoms with Gasteiger partial charge in [-0.25, -0.2) is 0 Å². The Morgan fingerprint density at radius 3 is 2.90 bits per heavy atom. The van der Waals surface area contributed by atoms with Crippen molar-refractivity contribution < 1.29 is 9.53 Å². The molecule has 106 valence electrons. The van der Waals surface area contributed by atoms with Gasteiger partial charge in [0.05, 0.1) is 23.4 Å². The topological polar surface area (TPSA) is 56.1 Å². The lowest BCUT2D eigenvalue weighted by Gasteiger charge is -2.17. The van der Waals surface area contributed by atoms with E-state index in [1.807, 2.05) is 18.2 Å². The van der Waals surface area contributed by atoms with Crippen LogP contribution in [0, 0.1) is 0 Å². The fourth-order valence-electron chi connectivity index (χ4n) is 1.93. The molecule has 2 rings (SSSR count). The number of aryl methyl sites for hydroxylation is 1. The number of ether oxygens (including phenoxy) is 1. The standard InChI is InChI=1S/C14H16ClN3O2/c1-18-8-10(15)7-13(18)14(19)17-12(9-20-2)11-5-3-4-6-16-11/h3-8,12H,9H2,1-2H3,(H,17,19). The zero-order valence-electron chi connectivity index (χ0n) is 11.3. The van der Waals surface area contributed by atoms with E-state index in [9.17, 15) is 4.79 Å². The molecule has 0 aliphatic heterocycles. The Morgan fingerprint density at radius 1 is 1.55 bits per heavy atom. The number of hydrogen-bond donors (Lipinski definition) is 1. The molecule has 1 unspecified atom stereocenters. The first kappa shape index (κ1) is 14.6. The maximum Gasteiger partial charge on any atom is 0.268 e. The molecule has 1 amide bonds. The Morgan fingerprint density at radius 2 is 2.35 bits per heavy atom. The van der Waals surface area contributed by atoms with Gasteiger partial charge in [-0.3, -0.25) is 9.78 Å². The third-order valence-electron chi connectivity index (χ3n) is 2.89. The lowest BCUT2D eigenvalue weighted by atomic mass is 10.2. The highest BCUT2D eigenvalue weighted by atomic mass is 35.5. The van der Waals surface area contributed by atoms with Gasteiger partial charge in [0, 0.05) is 26.6 Å². The Kier molecular flexibility index (Phi) is 4.76. The fraction of sp³-hybridized carbons (Fsp3) is 0.286. The lowest BCUT2D eigenvalue weighted by molar-refractivity contribution is 0.0886. The molecule has 0 fully saturated rings. The minimum atomic E-state index is -0.303. The monoisotopic (exact) mass is 293 g/mol. The summed E-state index contributed by atoms with van der Waals surface area (Å²) in [6.07, 6.45) is 3.37. The molecule has 5 nitrogen and oxygen atoms in total. The molecule has 0 aliphatic carbocycles. The molecule has 20 heavy (non-hydrogen) atoms. The number of aromatic nitrogens is 2. The van der Waals surface area contributed by atoms with Crippen LogP contribution >= 0.6 is 11.6 Å². The van der Waals surface area contributed by atoms with E-state index >= 15 is 0 Å². The average molecular weight is 294 g/mol. The average Bonchev–Trinajstić information content (AvgIpc) is 2.78. The molecule has 2 aromatic heterocycles. The summed E-state index contributed by atoms with van der Waals surface area (Å²) in [6.45, 7) is 0.348. The van der Waals surface area contributed by atoms with Crippen molar-refractivity contribution in [3.63, 3.8) is 0 Å².